The topological polar surface area (TPSA) is 47.6 Å². The molecule has 0 fully saturated rings. The normalized spacial score (nSPS) is 10.4. The molecule has 0 aliphatic rings. The number of methoxy groups -OCH3 is 1. The number of rotatable bonds is 6. The minimum absolute atomic E-state index is 0.260. The number of aryl methyl sites for hydroxylation is 1. The molecule has 6 heteroatoms. The fraction of sp³-hybridized carbons (Fsp3) is 0.235. The van der Waals surface area contributed by atoms with Crippen LogP contribution in [0.15, 0.2) is 40.9 Å². The third-order valence-electron chi connectivity index (χ3n) is 3.18. The van der Waals surface area contributed by atoms with Crippen LogP contribution < -0.4 is 10.1 Å². The smallest absolute Gasteiger partial charge is 0.259 e. The first kappa shape index (κ1) is 17.8. The second-order valence-corrected chi connectivity index (χ2v) is 6.25. The monoisotopic (exact) mass is 397 g/mol. The Morgan fingerprint density at radius 3 is 2.74 bits per heavy atom. The van der Waals surface area contributed by atoms with Gasteiger partial charge in [0.05, 0.1) is 12.2 Å². The fourth-order valence-corrected chi connectivity index (χ4v) is 2.49. The lowest BCUT2D eigenvalue weighted by molar-refractivity contribution is 0.101. The highest BCUT2D eigenvalue weighted by Crippen LogP contribution is 2.26. The average Bonchev–Trinajstić information content (AvgIpc) is 2.52. The number of amides is 1. The zero-order valence-corrected chi connectivity index (χ0v) is 15.2. The van der Waals surface area contributed by atoms with Crippen molar-refractivity contribution in [3.8, 4) is 5.75 Å². The third kappa shape index (κ3) is 4.96. The SMILES string of the molecule is COCCOc1ccc(Br)cc1C(=O)Nc1cc(Cl)ccc1C. The number of ether oxygens (including phenoxy) is 2. The molecule has 0 heterocycles. The predicted octanol–water partition coefficient (Wildman–Crippen LogP) is 4.69. The molecule has 122 valence electrons. The maximum Gasteiger partial charge on any atom is 0.259 e. The van der Waals surface area contributed by atoms with Gasteiger partial charge in [0.1, 0.15) is 12.4 Å². The van der Waals surface area contributed by atoms with Gasteiger partial charge in [-0.15, -0.1) is 0 Å². The highest BCUT2D eigenvalue weighted by atomic mass is 79.9. The van der Waals surface area contributed by atoms with Crippen molar-refractivity contribution in [2.75, 3.05) is 25.6 Å². The van der Waals surface area contributed by atoms with Crippen molar-refractivity contribution in [3.05, 3.63) is 57.0 Å². The van der Waals surface area contributed by atoms with E-state index < -0.39 is 0 Å². The van der Waals surface area contributed by atoms with E-state index in [1.807, 2.05) is 19.1 Å². The van der Waals surface area contributed by atoms with Crippen LogP contribution in [0.3, 0.4) is 0 Å². The van der Waals surface area contributed by atoms with E-state index in [1.165, 1.54) is 0 Å². The molecule has 0 aromatic heterocycles. The van der Waals surface area contributed by atoms with Gasteiger partial charge in [0.25, 0.3) is 5.91 Å². The van der Waals surface area contributed by atoms with Crippen molar-refractivity contribution in [1.82, 2.24) is 0 Å². The number of carbonyl (C=O) groups excluding carboxylic acids is 1. The van der Waals surface area contributed by atoms with Crippen molar-refractivity contribution < 1.29 is 14.3 Å². The van der Waals surface area contributed by atoms with E-state index in [9.17, 15) is 4.79 Å². The van der Waals surface area contributed by atoms with Gasteiger partial charge < -0.3 is 14.8 Å². The van der Waals surface area contributed by atoms with Crippen molar-refractivity contribution in [2.45, 2.75) is 6.92 Å². The van der Waals surface area contributed by atoms with Crippen LogP contribution in [0.4, 0.5) is 5.69 Å². The molecule has 2 rings (SSSR count). The Bertz CT molecular complexity index is 706. The molecule has 0 unspecified atom stereocenters. The molecule has 4 nitrogen and oxygen atoms in total. The third-order valence-corrected chi connectivity index (χ3v) is 3.91. The van der Waals surface area contributed by atoms with E-state index in [-0.39, 0.29) is 5.91 Å². The van der Waals surface area contributed by atoms with Crippen LogP contribution in [0.25, 0.3) is 0 Å². The Morgan fingerprint density at radius 2 is 2.00 bits per heavy atom. The van der Waals surface area contributed by atoms with Gasteiger partial charge in [-0.05, 0) is 42.8 Å². The van der Waals surface area contributed by atoms with Crippen LogP contribution in [0.1, 0.15) is 15.9 Å². The Morgan fingerprint density at radius 1 is 1.22 bits per heavy atom. The second kappa shape index (κ2) is 8.34. The molecule has 2 aromatic rings. The van der Waals surface area contributed by atoms with Gasteiger partial charge in [-0.25, -0.2) is 0 Å². The fourth-order valence-electron chi connectivity index (χ4n) is 1.96. The lowest BCUT2D eigenvalue weighted by Gasteiger charge is -2.13. The summed E-state index contributed by atoms with van der Waals surface area (Å²) >= 11 is 9.37. The van der Waals surface area contributed by atoms with Gasteiger partial charge in [0.15, 0.2) is 0 Å². The van der Waals surface area contributed by atoms with E-state index in [0.29, 0.717) is 35.2 Å². The summed E-state index contributed by atoms with van der Waals surface area (Å²) in [4.78, 5) is 12.6. The summed E-state index contributed by atoms with van der Waals surface area (Å²) in [5.74, 6) is 0.242. The van der Waals surface area contributed by atoms with E-state index in [2.05, 4.69) is 21.2 Å². The maximum absolute atomic E-state index is 12.6. The largest absolute Gasteiger partial charge is 0.490 e. The molecule has 0 saturated carbocycles. The quantitative estimate of drug-likeness (QED) is 0.718. The van der Waals surface area contributed by atoms with Crippen LogP contribution in [0, 0.1) is 6.92 Å². The Labute approximate surface area is 148 Å². The number of hydrogen-bond acceptors (Lipinski definition) is 3. The molecule has 0 atom stereocenters. The highest BCUT2D eigenvalue weighted by Gasteiger charge is 2.15. The Balaban J connectivity index is 2.23. The molecule has 0 radical (unpaired) electrons. The van der Waals surface area contributed by atoms with Gasteiger partial charge in [0.2, 0.25) is 0 Å². The van der Waals surface area contributed by atoms with Crippen molar-refractivity contribution in [2.24, 2.45) is 0 Å². The van der Waals surface area contributed by atoms with Crippen LogP contribution in [0.5, 0.6) is 5.75 Å². The van der Waals surface area contributed by atoms with Crippen molar-refractivity contribution in [3.63, 3.8) is 0 Å². The molecule has 1 N–H and O–H groups in total. The predicted molar refractivity (Wildman–Crippen MR) is 95.7 cm³/mol. The van der Waals surface area contributed by atoms with Crippen molar-refractivity contribution in [1.29, 1.82) is 0 Å². The van der Waals surface area contributed by atoms with E-state index in [1.54, 1.807) is 31.4 Å². The van der Waals surface area contributed by atoms with Gasteiger partial charge >= 0.3 is 0 Å². The Kier molecular flexibility index (Phi) is 6.45. The van der Waals surface area contributed by atoms with Gasteiger partial charge in [-0.3, -0.25) is 4.79 Å². The zero-order chi connectivity index (χ0) is 16.8. The molecule has 23 heavy (non-hydrogen) atoms. The lowest BCUT2D eigenvalue weighted by Crippen LogP contribution is -2.15. The minimum Gasteiger partial charge on any atom is -0.490 e. The van der Waals surface area contributed by atoms with Gasteiger partial charge in [-0.2, -0.15) is 0 Å². The molecule has 1 amide bonds. The number of halogens is 2. The molecule has 0 bridgehead atoms. The lowest BCUT2D eigenvalue weighted by atomic mass is 10.1. The van der Waals surface area contributed by atoms with Crippen LogP contribution in [-0.4, -0.2) is 26.2 Å². The molecule has 0 aliphatic carbocycles. The molecule has 0 spiro atoms. The summed E-state index contributed by atoms with van der Waals surface area (Å²) in [6, 6.07) is 10.7. The number of nitrogens with one attached hydrogen (secondary N) is 1. The molecule has 0 saturated heterocycles. The summed E-state index contributed by atoms with van der Waals surface area (Å²) in [6.45, 7) is 2.72. The summed E-state index contributed by atoms with van der Waals surface area (Å²) in [7, 11) is 1.60. The highest BCUT2D eigenvalue weighted by molar-refractivity contribution is 9.10. The first-order valence-corrected chi connectivity index (χ1v) is 8.17. The number of carbonyl (C=O) groups is 1. The summed E-state index contributed by atoms with van der Waals surface area (Å²) in [5, 5.41) is 3.44. The van der Waals surface area contributed by atoms with E-state index in [4.69, 9.17) is 21.1 Å². The minimum atomic E-state index is -0.260. The summed E-state index contributed by atoms with van der Waals surface area (Å²) in [5.41, 5.74) is 2.04. The number of hydrogen-bond donors (Lipinski definition) is 1. The van der Waals surface area contributed by atoms with Crippen LogP contribution >= 0.6 is 27.5 Å². The van der Waals surface area contributed by atoms with Crippen molar-refractivity contribution >= 4 is 39.1 Å². The molecular formula is C17H17BrClNO3. The molecular weight excluding hydrogens is 382 g/mol. The number of anilines is 1. The first-order valence-electron chi connectivity index (χ1n) is 7.00. The molecule has 2 aromatic carbocycles. The number of benzene rings is 2. The van der Waals surface area contributed by atoms with Gasteiger partial charge in [-0.1, -0.05) is 33.6 Å². The standard InChI is InChI=1S/C17H17BrClNO3/c1-11-3-5-13(19)10-15(11)20-17(21)14-9-12(18)4-6-16(14)23-8-7-22-2/h3-6,9-10H,7-8H2,1-2H3,(H,20,21). The zero-order valence-electron chi connectivity index (χ0n) is 12.9. The first-order chi connectivity index (χ1) is 11.0. The summed E-state index contributed by atoms with van der Waals surface area (Å²) in [6.07, 6.45) is 0. The second-order valence-electron chi connectivity index (χ2n) is 4.90. The van der Waals surface area contributed by atoms with E-state index >= 15 is 0 Å². The Hall–Kier alpha value is -1.56. The van der Waals surface area contributed by atoms with Gasteiger partial charge in [0, 0.05) is 22.3 Å². The maximum atomic E-state index is 12.6. The average molecular weight is 399 g/mol. The molecule has 0 aliphatic heterocycles. The van der Waals surface area contributed by atoms with E-state index in [0.717, 1.165) is 10.0 Å². The van der Waals surface area contributed by atoms with Crippen LogP contribution in [0.2, 0.25) is 5.02 Å². The summed E-state index contributed by atoms with van der Waals surface area (Å²) < 4.78 is 11.4. The van der Waals surface area contributed by atoms with Crippen LogP contribution in [-0.2, 0) is 4.74 Å².